The van der Waals surface area contributed by atoms with Crippen LogP contribution in [0, 0.1) is 11.7 Å². The second-order valence-electron chi connectivity index (χ2n) is 6.46. The number of hydrogen-bond donors (Lipinski definition) is 1. The lowest BCUT2D eigenvalue weighted by Gasteiger charge is -2.29. The van der Waals surface area contributed by atoms with Gasteiger partial charge in [0.25, 0.3) is 0 Å². The molecule has 25 heavy (non-hydrogen) atoms. The van der Waals surface area contributed by atoms with Crippen molar-refractivity contribution in [3.05, 3.63) is 30.1 Å². The van der Waals surface area contributed by atoms with Crippen LogP contribution in [0.4, 0.5) is 4.39 Å². The van der Waals surface area contributed by atoms with Gasteiger partial charge in [0.05, 0.1) is 23.9 Å². The van der Waals surface area contributed by atoms with E-state index in [1.54, 1.807) is 6.92 Å². The first-order chi connectivity index (χ1) is 11.8. The van der Waals surface area contributed by atoms with E-state index in [0.717, 1.165) is 25.2 Å². The maximum atomic E-state index is 12.9. The Balaban J connectivity index is 1.87. The maximum Gasteiger partial charge on any atom is 0.224 e. The lowest BCUT2D eigenvalue weighted by molar-refractivity contribution is -0.124. The van der Waals surface area contributed by atoms with Gasteiger partial charge in [-0.05, 0) is 31.2 Å². The minimum absolute atomic E-state index is 0.0231. The molecule has 1 aromatic carbocycles. The van der Waals surface area contributed by atoms with Crippen molar-refractivity contribution in [3.8, 4) is 0 Å². The fourth-order valence-corrected chi connectivity index (χ4v) is 4.30. The Morgan fingerprint density at radius 2 is 1.84 bits per heavy atom. The Kier molecular flexibility index (Phi) is 6.92. The molecule has 140 valence electrons. The number of halogens is 1. The van der Waals surface area contributed by atoms with Crippen LogP contribution in [0.25, 0.3) is 0 Å². The molecule has 0 bridgehead atoms. The van der Waals surface area contributed by atoms with Crippen molar-refractivity contribution in [1.29, 1.82) is 0 Å². The number of nitrogens with zero attached hydrogens (tertiary/aromatic N) is 1. The highest BCUT2D eigenvalue weighted by Crippen LogP contribution is 2.15. The molecule has 0 aliphatic carbocycles. The zero-order valence-corrected chi connectivity index (χ0v) is 15.4. The van der Waals surface area contributed by atoms with E-state index in [-0.39, 0.29) is 22.6 Å². The van der Waals surface area contributed by atoms with Crippen molar-refractivity contribution in [3.63, 3.8) is 0 Å². The summed E-state index contributed by atoms with van der Waals surface area (Å²) < 4.78 is 42.9. The van der Waals surface area contributed by atoms with Crippen LogP contribution in [0.2, 0.25) is 0 Å². The number of hydrogen-bond acceptors (Lipinski definition) is 5. The molecule has 0 saturated carbocycles. The fraction of sp³-hybridized carbons (Fsp3) is 0.588. The molecule has 0 spiro atoms. The van der Waals surface area contributed by atoms with E-state index in [2.05, 4.69) is 10.2 Å². The summed E-state index contributed by atoms with van der Waals surface area (Å²) in [6.45, 7) is 7.21. The highest BCUT2D eigenvalue weighted by molar-refractivity contribution is 7.91. The fourth-order valence-electron chi connectivity index (χ4n) is 2.74. The van der Waals surface area contributed by atoms with Crippen LogP contribution < -0.4 is 5.32 Å². The summed E-state index contributed by atoms with van der Waals surface area (Å²) in [5.41, 5.74) is 0. The molecular weight excluding hydrogens is 347 g/mol. The summed E-state index contributed by atoms with van der Waals surface area (Å²) in [5.74, 6) is -1.80. The van der Waals surface area contributed by atoms with E-state index in [1.165, 1.54) is 12.1 Å². The van der Waals surface area contributed by atoms with E-state index < -0.39 is 21.6 Å². The van der Waals surface area contributed by atoms with Crippen molar-refractivity contribution in [2.45, 2.75) is 24.8 Å². The van der Waals surface area contributed by atoms with Crippen molar-refractivity contribution >= 4 is 15.7 Å². The molecule has 2 rings (SSSR count). The van der Waals surface area contributed by atoms with E-state index in [1.807, 2.05) is 6.92 Å². The van der Waals surface area contributed by atoms with Gasteiger partial charge < -0.3 is 10.1 Å². The van der Waals surface area contributed by atoms with Gasteiger partial charge in [-0.2, -0.15) is 0 Å². The minimum atomic E-state index is -3.64. The quantitative estimate of drug-likeness (QED) is 0.725. The van der Waals surface area contributed by atoms with Crippen LogP contribution in [0.1, 0.15) is 13.8 Å². The smallest absolute Gasteiger partial charge is 0.224 e. The van der Waals surface area contributed by atoms with Crippen LogP contribution in [0.15, 0.2) is 29.2 Å². The third-order valence-electron chi connectivity index (χ3n) is 4.11. The lowest BCUT2D eigenvalue weighted by atomic mass is 10.2. The van der Waals surface area contributed by atoms with Gasteiger partial charge in [0.15, 0.2) is 9.84 Å². The summed E-state index contributed by atoms with van der Waals surface area (Å²) in [6, 6.07) is 4.55. The molecule has 0 radical (unpaired) electrons. The highest BCUT2D eigenvalue weighted by Gasteiger charge is 2.24. The Morgan fingerprint density at radius 3 is 2.44 bits per heavy atom. The molecule has 2 atom stereocenters. The van der Waals surface area contributed by atoms with E-state index in [4.69, 9.17) is 4.74 Å². The topological polar surface area (TPSA) is 75.7 Å². The summed E-state index contributed by atoms with van der Waals surface area (Å²) >= 11 is 0. The third-order valence-corrected chi connectivity index (χ3v) is 6.04. The number of sulfone groups is 1. The van der Waals surface area contributed by atoms with Crippen molar-refractivity contribution < 1.29 is 22.3 Å². The van der Waals surface area contributed by atoms with Gasteiger partial charge in [-0.3, -0.25) is 9.69 Å². The zero-order chi connectivity index (χ0) is 18.4. The summed E-state index contributed by atoms with van der Waals surface area (Å²) in [4.78, 5) is 14.5. The maximum absolute atomic E-state index is 12.9. The predicted octanol–water partition coefficient (Wildman–Crippen LogP) is 1.07. The monoisotopic (exact) mass is 372 g/mol. The normalized spacial score (nSPS) is 18.5. The van der Waals surface area contributed by atoms with Gasteiger partial charge in [-0.1, -0.05) is 6.92 Å². The standard InChI is InChI=1S/C17H25FN2O4S/c1-13(12-25(22,23)16-5-3-15(18)4-6-16)17(21)19-14(2)11-20-7-9-24-10-8-20/h3-6,13-14H,7-12H2,1-2H3,(H,19,21)/t13-,14+/m0/s1. The third kappa shape index (κ3) is 6.05. The molecule has 1 heterocycles. The number of carbonyl (C=O) groups is 1. The predicted molar refractivity (Wildman–Crippen MR) is 92.5 cm³/mol. The molecule has 0 unspecified atom stereocenters. The van der Waals surface area contributed by atoms with Gasteiger partial charge >= 0.3 is 0 Å². The second kappa shape index (κ2) is 8.73. The summed E-state index contributed by atoms with van der Waals surface area (Å²) in [6.07, 6.45) is 0. The number of amides is 1. The Hall–Kier alpha value is -1.51. The average Bonchev–Trinajstić information content (AvgIpc) is 2.55. The molecule has 1 amide bonds. The molecule has 1 saturated heterocycles. The van der Waals surface area contributed by atoms with E-state index in [0.29, 0.717) is 19.8 Å². The highest BCUT2D eigenvalue weighted by atomic mass is 32.2. The summed E-state index contributed by atoms with van der Waals surface area (Å²) in [7, 11) is -3.64. The van der Waals surface area contributed by atoms with Gasteiger partial charge in [0, 0.05) is 31.6 Å². The summed E-state index contributed by atoms with van der Waals surface area (Å²) in [5, 5.41) is 2.86. The first-order valence-electron chi connectivity index (χ1n) is 8.37. The minimum Gasteiger partial charge on any atom is -0.379 e. The number of benzene rings is 1. The van der Waals surface area contributed by atoms with Gasteiger partial charge in [0.1, 0.15) is 5.82 Å². The van der Waals surface area contributed by atoms with Gasteiger partial charge in [0.2, 0.25) is 5.91 Å². The Labute approximate surface area is 148 Å². The van der Waals surface area contributed by atoms with Crippen LogP contribution in [0.5, 0.6) is 0 Å². The Bertz CT molecular complexity index is 672. The van der Waals surface area contributed by atoms with Crippen molar-refractivity contribution in [1.82, 2.24) is 10.2 Å². The molecule has 1 aliphatic rings. The van der Waals surface area contributed by atoms with Gasteiger partial charge in [-0.25, -0.2) is 12.8 Å². The first-order valence-corrected chi connectivity index (χ1v) is 10.0. The molecular formula is C17H25FN2O4S. The molecule has 8 heteroatoms. The zero-order valence-electron chi connectivity index (χ0n) is 14.6. The molecule has 1 N–H and O–H groups in total. The van der Waals surface area contributed by atoms with E-state index >= 15 is 0 Å². The molecule has 1 aromatic rings. The molecule has 1 aliphatic heterocycles. The molecule has 6 nitrogen and oxygen atoms in total. The number of morpholine rings is 1. The first kappa shape index (κ1) is 19.8. The van der Waals surface area contributed by atoms with Crippen molar-refractivity contribution in [2.24, 2.45) is 5.92 Å². The SMILES string of the molecule is C[C@H](CN1CCOCC1)NC(=O)[C@@H](C)CS(=O)(=O)c1ccc(F)cc1. The lowest BCUT2D eigenvalue weighted by Crippen LogP contribution is -2.47. The van der Waals surface area contributed by atoms with Gasteiger partial charge in [-0.15, -0.1) is 0 Å². The molecule has 1 fully saturated rings. The van der Waals surface area contributed by atoms with Crippen LogP contribution in [-0.4, -0.2) is 63.9 Å². The number of rotatable bonds is 7. The average molecular weight is 372 g/mol. The van der Waals surface area contributed by atoms with Crippen LogP contribution >= 0.6 is 0 Å². The second-order valence-corrected chi connectivity index (χ2v) is 8.49. The molecule has 0 aromatic heterocycles. The number of nitrogens with one attached hydrogen (secondary N) is 1. The number of carbonyl (C=O) groups excluding carboxylic acids is 1. The number of ether oxygens (including phenoxy) is 1. The Morgan fingerprint density at radius 1 is 1.24 bits per heavy atom. The van der Waals surface area contributed by atoms with Crippen molar-refractivity contribution in [2.75, 3.05) is 38.6 Å². The van der Waals surface area contributed by atoms with Crippen LogP contribution in [0.3, 0.4) is 0 Å². The van der Waals surface area contributed by atoms with E-state index in [9.17, 15) is 17.6 Å². The largest absolute Gasteiger partial charge is 0.379 e. The van der Waals surface area contributed by atoms with Crippen LogP contribution in [-0.2, 0) is 19.4 Å².